The highest BCUT2D eigenvalue weighted by Gasteiger charge is 2.27. The van der Waals surface area contributed by atoms with Gasteiger partial charge < -0.3 is 4.74 Å². The van der Waals surface area contributed by atoms with E-state index < -0.39 is 17.3 Å². The summed E-state index contributed by atoms with van der Waals surface area (Å²) in [6, 6.07) is 1.42. The van der Waals surface area contributed by atoms with Crippen LogP contribution in [0.1, 0.15) is 12.5 Å². The molecular formula is C11H11F2N3O3. The molecule has 0 fully saturated rings. The number of hydrogen-bond donors (Lipinski definition) is 0. The molecule has 0 aliphatic carbocycles. The van der Waals surface area contributed by atoms with Gasteiger partial charge in [-0.25, -0.2) is 13.3 Å². The van der Waals surface area contributed by atoms with E-state index in [1.54, 1.807) is 0 Å². The molecule has 0 aromatic carbocycles. The number of pyridine rings is 1. The predicted molar refractivity (Wildman–Crippen MR) is 62.7 cm³/mol. The van der Waals surface area contributed by atoms with Crippen LogP contribution in [0.3, 0.4) is 0 Å². The summed E-state index contributed by atoms with van der Waals surface area (Å²) in [7, 11) is 1.28. The zero-order chi connectivity index (χ0) is 14.2. The number of hydrogen-bond acceptors (Lipinski definition) is 4. The van der Waals surface area contributed by atoms with Crippen LogP contribution in [-0.4, -0.2) is 27.6 Å². The number of fused-ring (bicyclic) bond motifs is 1. The summed E-state index contributed by atoms with van der Waals surface area (Å²) in [5.41, 5.74) is -0.00142. The van der Waals surface area contributed by atoms with Crippen molar-refractivity contribution in [3.8, 4) is 5.75 Å². The number of ether oxygens (including phenoxy) is 1. The summed E-state index contributed by atoms with van der Waals surface area (Å²) in [4.78, 5) is 10.3. The van der Waals surface area contributed by atoms with Crippen molar-refractivity contribution in [2.45, 2.75) is 19.3 Å². The number of aromatic nitrogens is 2. The molecule has 6 nitrogen and oxygen atoms in total. The van der Waals surface area contributed by atoms with E-state index in [-0.39, 0.29) is 22.5 Å². The molecule has 19 heavy (non-hydrogen) atoms. The van der Waals surface area contributed by atoms with E-state index >= 15 is 0 Å². The fourth-order valence-electron chi connectivity index (χ4n) is 1.91. The van der Waals surface area contributed by atoms with Gasteiger partial charge in [-0.2, -0.15) is 5.10 Å². The number of nitrogens with zero attached hydrogens (tertiary/aromatic N) is 3. The predicted octanol–water partition coefficient (Wildman–Crippen LogP) is 2.45. The number of alkyl halides is 2. The Morgan fingerprint density at radius 1 is 1.58 bits per heavy atom. The summed E-state index contributed by atoms with van der Waals surface area (Å²) in [6.07, 6.45) is 1.90. The number of nitro groups is 1. The second-order valence-corrected chi connectivity index (χ2v) is 4.20. The Labute approximate surface area is 106 Å². The highest BCUT2D eigenvalue weighted by Crippen LogP contribution is 2.34. The van der Waals surface area contributed by atoms with Gasteiger partial charge in [-0.3, -0.25) is 10.1 Å². The van der Waals surface area contributed by atoms with Crippen molar-refractivity contribution in [1.82, 2.24) is 9.61 Å². The molecular weight excluding hydrogens is 260 g/mol. The topological polar surface area (TPSA) is 69.7 Å². The first-order chi connectivity index (χ1) is 8.83. The lowest BCUT2D eigenvalue weighted by Crippen LogP contribution is -2.14. The summed E-state index contributed by atoms with van der Waals surface area (Å²) >= 11 is 0. The minimum atomic E-state index is -2.93. The third-order valence-corrected chi connectivity index (χ3v) is 2.60. The van der Waals surface area contributed by atoms with Crippen molar-refractivity contribution in [3.05, 3.63) is 34.1 Å². The van der Waals surface area contributed by atoms with Gasteiger partial charge in [-0.05, 0) is 13.0 Å². The van der Waals surface area contributed by atoms with Crippen molar-refractivity contribution < 1.29 is 18.4 Å². The molecule has 0 bridgehead atoms. The van der Waals surface area contributed by atoms with Gasteiger partial charge in [0.2, 0.25) is 5.92 Å². The van der Waals surface area contributed by atoms with Gasteiger partial charge in [0.1, 0.15) is 6.20 Å². The summed E-state index contributed by atoms with van der Waals surface area (Å²) in [5.74, 6) is -2.88. The van der Waals surface area contributed by atoms with E-state index in [0.29, 0.717) is 0 Å². The standard InChI is InChI=1S/C11H11F2N3O3/c1-11(12,13)5-7-3-4-15-9(10(7)19-2)8(6-14-15)16(17)18/h3-4,6H,5H2,1-2H3. The quantitative estimate of drug-likeness (QED) is 0.632. The van der Waals surface area contributed by atoms with Crippen LogP contribution in [0, 0.1) is 10.1 Å². The lowest BCUT2D eigenvalue weighted by molar-refractivity contribution is -0.383. The van der Waals surface area contributed by atoms with E-state index in [0.717, 1.165) is 13.1 Å². The van der Waals surface area contributed by atoms with Crippen molar-refractivity contribution in [3.63, 3.8) is 0 Å². The van der Waals surface area contributed by atoms with Crippen LogP contribution in [0.25, 0.3) is 5.52 Å². The van der Waals surface area contributed by atoms with Crippen molar-refractivity contribution >= 4 is 11.2 Å². The molecule has 0 saturated carbocycles. The molecule has 0 aliphatic rings. The summed E-state index contributed by atoms with van der Waals surface area (Å²) in [5, 5.41) is 14.7. The largest absolute Gasteiger partial charge is 0.494 e. The highest BCUT2D eigenvalue weighted by atomic mass is 19.3. The molecule has 0 atom stereocenters. The molecule has 0 unspecified atom stereocenters. The SMILES string of the molecule is COc1c(CC(C)(F)F)ccn2ncc([N+](=O)[O-])c12. The van der Waals surface area contributed by atoms with Gasteiger partial charge in [0.25, 0.3) is 0 Å². The summed E-state index contributed by atoms with van der Waals surface area (Å²) < 4.78 is 32.5. The first-order valence-electron chi connectivity index (χ1n) is 5.39. The smallest absolute Gasteiger partial charge is 0.318 e. The average Bonchev–Trinajstić information content (AvgIpc) is 2.70. The second kappa shape index (κ2) is 4.45. The Morgan fingerprint density at radius 2 is 2.26 bits per heavy atom. The molecule has 0 amide bonds. The minimum absolute atomic E-state index is 0.0493. The van der Waals surface area contributed by atoms with Gasteiger partial charge in [0, 0.05) is 18.2 Å². The zero-order valence-corrected chi connectivity index (χ0v) is 10.3. The maximum atomic E-state index is 13.1. The second-order valence-electron chi connectivity index (χ2n) is 4.20. The first-order valence-corrected chi connectivity index (χ1v) is 5.39. The highest BCUT2D eigenvalue weighted by molar-refractivity contribution is 5.74. The van der Waals surface area contributed by atoms with Crippen molar-refractivity contribution in [1.29, 1.82) is 0 Å². The molecule has 102 valence electrons. The van der Waals surface area contributed by atoms with Crippen LogP contribution in [0.2, 0.25) is 0 Å². The van der Waals surface area contributed by atoms with Crippen LogP contribution >= 0.6 is 0 Å². The lowest BCUT2D eigenvalue weighted by atomic mass is 10.1. The van der Waals surface area contributed by atoms with Crippen molar-refractivity contribution in [2.75, 3.05) is 7.11 Å². The van der Waals surface area contributed by atoms with E-state index in [1.807, 2.05) is 0 Å². The minimum Gasteiger partial charge on any atom is -0.494 e. The molecule has 2 rings (SSSR count). The summed E-state index contributed by atoms with van der Waals surface area (Å²) in [6.45, 7) is 0.779. The van der Waals surface area contributed by atoms with Gasteiger partial charge in [-0.15, -0.1) is 0 Å². The third kappa shape index (κ3) is 2.47. The number of methoxy groups -OCH3 is 1. The molecule has 8 heteroatoms. The maximum Gasteiger partial charge on any atom is 0.318 e. The van der Waals surface area contributed by atoms with Gasteiger partial charge in [0.15, 0.2) is 11.3 Å². The Kier molecular flexibility index (Phi) is 3.09. The average molecular weight is 271 g/mol. The van der Waals surface area contributed by atoms with E-state index in [2.05, 4.69) is 5.10 Å². The third-order valence-electron chi connectivity index (χ3n) is 2.60. The number of halogens is 2. The fraction of sp³-hybridized carbons (Fsp3) is 0.364. The van der Waals surface area contributed by atoms with Crippen LogP contribution in [0.5, 0.6) is 5.75 Å². The molecule has 0 radical (unpaired) electrons. The molecule has 0 saturated heterocycles. The molecule has 2 heterocycles. The van der Waals surface area contributed by atoms with Crippen molar-refractivity contribution in [2.24, 2.45) is 0 Å². The molecule has 0 spiro atoms. The van der Waals surface area contributed by atoms with Crippen LogP contribution in [0.15, 0.2) is 18.5 Å². The van der Waals surface area contributed by atoms with Gasteiger partial charge >= 0.3 is 5.69 Å². The number of rotatable bonds is 4. The van der Waals surface area contributed by atoms with Crippen LogP contribution < -0.4 is 4.74 Å². The van der Waals surface area contributed by atoms with Gasteiger partial charge in [-0.1, -0.05) is 0 Å². The van der Waals surface area contributed by atoms with E-state index in [4.69, 9.17) is 4.74 Å². The van der Waals surface area contributed by atoms with Gasteiger partial charge in [0.05, 0.1) is 12.0 Å². The lowest BCUT2D eigenvalue weighted by Gasteiger charge is -2.14. The zero-order valence-electron chi connectivity index (χ0n) is 10.3. The Bertz CT molecular complexity index is 634. The first kappa shape index (κ1) is 13.2. The molecule has 2 aromatic heterocycles. The Balaban J connectivity index is 2.67. The van der Waals surface area contributed by atoms with E-state index in [9.17, 15) is 18.9 Å². The maximum absolute atomic E-state index is 13.1. The monoisotopic (exact) mass is 271 g/mol. The van der Waals surface area contributed by atoms with Crippen LogP contribution in [-0.2, 0) is 6.42 Å². The molecule has 0 N–H and O–H groups in total. The van der Waals surface area contributed by atoms with Crippen LogP contribution in [0.4, 0.5) is 14.5 Å². The Morgan fingerprint density at radius 3 is 2.79 bits per heavy atom. The molecule has 2 aromatic rings. The fourth-order valence-corrected chi connectivity index (χ4v) is 1.91. The Hall–Kier alpha value is -2.25. The normalized spacial score (nSPS) is 11.8. The molecule has 0 aliphatic heterocycles. The van der Waals surface area contributed by atoms with E-state index in [1.165, 1.54) is 23.9 Å².